The Bertz CT molecular complexity index is 600. The van der Waals surface area contributed by atoms with Crippen LogP contribution in [0.5, 0.6) is 0 Å². The lowest BCUT2D eigenvalue weighted by atomic mass is 10.3. The van der Waals surface area contributed by atoms with Crippen LogP contribution >= 0.6 is 39.3 Å². The van der Waals surface area contributed by atoms with E-state index in [1.54, 1.807) is 4.68 Å². The standard InChI is InChI=1S/C13H12BrClN2OS/c1-2-17-13(11(15)7-16-17)12(18)8-19-10-5-3-4-9(14)6-10/h3-7H,2,8H2,1H3. The van der Waals surface area contributed by atoms with Gasteiger partial charge in [0.2, 0.25) is 0 Å². The van der Waals surface area contributed by atoms with E-state index in [1.807, 2.05) is 31.2 Å². The number of Topliss-reactive ketones (excluding diaryl/α,β-unsaturated/α-hetero) is 1. The molecule has 0 aliphatic heterocycles. The van der Waals surface area contributed by atoms with Gasteiger partial charge in [-0.1, -0.05) is 33.6 Å². The summed E-state index contributed by atoms with van der Waals surface area (Å²) in [7, 11) is 0. The maximum atomic E-state index is 12.2. The van der Waals surface area contributed by atoms with Crippen molar-refractivity contribution in [1.29, 1.82) is 0 Å². The molecule has 0 saturated heterocycles. The van der Waals surface area contributed by atoms with Crippen molar-refractivity contribution in [1.82, 2.24) is 9.78 Å². The molecule has 19 heavy (non-hydrogen) atoms. The monoisotopic (exact) mass is 358 g/mol. The average molecular weight is 360 g/mol. The Morgan fingerprint density at radius 2 is 2.32 bits per heavy atom. The van der Waals surface area contributed by atoms with Gasteiger partial charge in [0.25, 0.3) is 0 Å². The van der Waals surface area contributed by atoms with Crippen molar-refractivity contribution in [2.75, 3.05) is 5.75 Å². The molecular weight excluding hydrogens is 348 g/mol. The molecule has 1 aromatic heterocycles. The molecule has 1 aromatic carbocycles. The molecule has 3 nitrogen and oxygen atoms in total. The van der Waals surface area contributed by atoms with Gasteiger partial charge in [-0.2, -0.15) is 5.10 Å². The first-order valence-corrected chi connectivity index (χ1v) is 7.90. The third-order valence-corrected chi connectivity index (χ3v) is 4.29. The average Bonchev–Trinajstić information content (AvgIpc) is 2.77. The SMILES string of the molecule is CCn1ncc(Cl)c1C(=O)CSc1cccc(Br)c1. The van der Waals surface area contributed by atoms with Crippen molar-refractivity contribution < 1.29 is 4.79 Å². The Morgan fingerprint density at radius 1 is 1.53 bits per heavy atom. The van der Waals surface area contributed by atoms with Gasteiger partial charge < -0.3 is 0 Å². The van der Waals surface area contributed by atoms with Gasteiger partial charge in [0.15, 0.2) is 5.78 Å². The topological polar surface area (TPSA) is 34.9 Å². The Hall–Kier alpha value is -0.780. The number of thioether (sulfide) groups is 1. The Balaban J connectivity index is 2.07. The van der Waals surface area contributed by atoms with Crippen LogP contribution in [0.3, 0.4) is 0 Å². The molecule has 0 spiro atoms. The van der Waals surface area contributed by atoms with E-state index in [0.717, 1.165) is 9.37 Å². The third kappa shape index (κ3) is 3.61. The van der Waals surface area contributed by atoms with Crippen LogP contribution < -0.4 is 0 Å². The summed E-state index contributed by atoms with van der Waals surface area (Å²) in [6.07, 6.45) is 1.52. The molecule has 6 heteroatoms. The number of carbonyl (C=O) groups is 1. The molecule has 0 aliphatic carbocycles. The molecule has 100 valence electrons. The zero-order valence-electron chi connectivity index (χ0n) is 10.3. The molecule has 0 bridgehead atoms. The summed E-state index contributed by atoms with van der Waals surface area (Å²) in [6, 6.07) is 7.85. The fourth-order valence-electron chi connectivity index (χ4n) is 1.65. The predicted octanol–water partition coefficient (Wildman–Crippen LogP) is 4.29. The number of halogens is 2. The summed E-state index contributed by atoms with van der Waals surface area (Å²) < 4.78 is 2.63. The zero-order chi connectivity index (χ0) is 13.8. The lowest BCUT2D eigenvalue weighted by Gasteiger charge is -2.05. The van der Waals surface area contributed by atoms with E-state index >= 15 is 0 Å². The highest BCUT2D eigenvalue weighted by Gasteiger charge is 2.16. The van der Waals surface area contributed by atoms with Crippen LogP contribution in [-0.4, -0.2) is 21.3 Å². The summed E-state index contributed by atoms with van der Waals surface area (Å²) in [5, 5.41) is 4.49. The quantitative estimate of drug-likeness (QED) is 0.590. The van der Waals surface area contributed by atoms with Crippen LogP contribution in [0.2, 0.25) is 5.02 Å². The molecule has 0 fully saturated rings. The van der Waals surface area contributed by atoms with Gasteiger partial charge in [0.05, 0.1) is 17.0 Å². The van der Waals surface area contributed by atoms with E-state index in [9.17, 15) is 4.79 Å². The summed E-state index contributed by atoms with van der Waals surface area (Å²) >= 11 is 10.9. The van der Waals surface area contributed by atoms with Gasteiger partial charge >= 0.3 is 0 Å². The van der Waals surface area contributed by atoms with E-state index in [-0.39, 0.29) is 5.78 Å². The molecule has 0 N–H and O–H groups in total. The summed E-state index contributed by atoms with van der Waals surface area (Å²) in [5.74, 6) is 0.344. The number of hydrogen-bond acceptors (Lipinski definition) is 3. The first-order valence-electron chi connectivity index (χ1n) is 5.74. The normalized spacial score (nSPS) is 10.7. The highest BCUT2D eigenvalue weighted by molar-refractivity contribution is 9.10. The molecule has 0 amide bonds. The maximum absolute atomic E-state index is 12.2. The Morgan fingerprint density at radius 3 is 3.00 bits per heavy atom. The van der Waals surface area contributed by atoms with Gasteiger partial charge in [-0.25, -0.2) is 0 Å². The molecule has 0 unspecified atom stereocenters. The number of nitrogens with zero attached hydrogens (tertiary/aromatic N) is 2. The Labute approximate surface area is 129 Å². The highest BCUT2D eigenvalue weighted by Crippen LogP contribution is 2.24. The van der Waals surface area contributed by atoms with E-state index in [1.165, 1.54) is 18.0 Å². The number of rotatable bonds is 5. The van der Waals surface area contributed by atoms with Crippen molar-refractivity contribution in [3.63, 3.8) is 0 Å². The number of aromatic nitrogens is 2. The molecular formula is C13H12BrClN2OS. The predicted molar refractivity (Wildman–Crippen MR) is 82.1 cm³/mol. The maximum Gasteiger partial charge on any atom is 0.192 e. The van der Waals surface area contributed by atoms with E-state index in [4.69, 9.17) is 11.6 Å². The third-order valence-electron chi connectivity index (χ3n) is 2.52. The fourth-order valence-corrected chi connectivity index (χ4v) is 3.27. The van der Waals surface area contributed by atoms with E-state index in [2.05, 4.69) is 21.0 Å². The second-order valence-electron chi connectivity index (χ2n) is 3.83. The Kier molecular flexibility index (Phi) is 5.07. The molecule has 0 radical (unpaired) electrons. The second kappa shape index (κ2) is 6.59. The summed E-state index contributed by atoms with van der Waals surface area (Å²) in [6.45, 7) is 2.57. The highest BCUT2D eigenvalue weighted by atomic mass is 79.9. The first-order chi connectivity index (χ1) is 9.11. The van der Waals surface area contributed by atoms with Crippen molar-refractivity contribution in [2.24, 2.45) is 0 Å². The minimum atomic E-state index is -0.00525. The molecule has 0 atom stereocenters. The molecule has 2 aromatic rings. The minimum Gasteiger partial charge on any atom is -0.291 e. The van der Waals surface area contributed by atoms with Crippen molar-refractivity contribution in [2.45, 2.75) is 18.4 Å². The van der Waals surface area contributed by atoms with Gasteiger partial charge in [0, 0.05) is 15.9 Å². The largest absolute Gasteiger partial charge is 0.291 e. The summed E-state index contributed by atoms with van der Waals surface area (Å²) in [5.41, 5.74) is 0.492. The van der Waals surface area contributed by atoms with Gasteiger partial charge in [-0.15, -0.1) is 11.8 Å². The van der Waals surface area contributed by atoms with Crippen LogP contribution in [0.1, 0.15) is 17.4 Å². The van der Waals surface area contributed by atoms with E-state index in [0.29, 0.717) is 23.0 Å². The van der Waals surface area contributed by atoms with Gasteiger partial charge in [-0.05, 0) is 25.1 Å². The van der Waals surface area contributed by atoms with Crippen LogP contribution in [0, 0.1) is 0 Å². The smallest absolute Gasteiger partial charge is 0.192 e. The van der Waals surface area contributed by atoms with E-state index < -0.39 is 0 Å². The van der Waals surface area contributed by atoms with Crippen molar-refractivity contribution in [3.05, 3.63) is 45.7 Å². The van der Waals surface area contributed by atoms with Crippen LogP contribution in [0.25, 0.3) is 0 Å². The number of aryl methyl sites for hydroxylation is 1. The minimum absolute atomic E-state index is 0.00525. The van der Waals surface area contributed by atoms with Gasteiger partial charge in [0.1, 0.15) is 5.69 Å². The van der Waals surface area contributed by atoms with Crippen molar-refractivity contribution >= 4 is 45.1 Å². The fraction of sp³-hybridized carbons (Fsp3) is 0.231. The number of hydrogen-bond donors (Lipinski definition) is 0. The zero-order valence-corrected chi connectivity index (χ0v) is 13.4. The molecule has 1 heterocycles. The first kappa shape index (κ1) is 14.6. The van der Waals surface area contributed by atoms with Crippen molar-refractivity contribution in [3.8, 4) is 0 Å². The lowest BCUT2D eigenvalue weighted by Crippen LogP contribution is -2.11. The molecule has 2 rings (SSSR count). The number of carbonyl (C=O) groups excluding carboxylic acids is 1. The van der Waals surface area contributed by atoms with Crippen LogP contribution in [0.4, 0.5) is 0 Å². The summed E-state index contributed by atoms with van der Waals surface area (Å²) in [4.78, 5) is 13.2. The van der Waals surface area contributed by atoms with Crippen LogP contribution in [0.15, 0.2) is 39.8 Å². The second-order valence-corrected chi connectivity index (χ2v) is 6.20. The molecule has 0 saturated carbocycles. The lowest BCUT2D eigenvalue weighted by molar-refractivity contribution is 0.101. The molecule has 0 aliphatic rings. The number of benzene rings is 1. The number of ketones is 1. The van der Waals surface area contributed by atoms with Crippen LogP contribution in [-0.2, 0) is 6.54 Å². The van der Waals surface area contributed by atoms with Gasteiger partial charge in [-0.3, -0.25) is 9.48 Å².